The van der Waals surface area contributed by atoms with Gasteiger partial charge in [-0.15, -0.1) is 0 Å². The first-order valence-corrected chi connectivity index (χ1v) is 3.77. The molecule has 9 nitrogen and oxygen atoms in total. The van der Waals surface area contributed by atoms with Gasteiger partial charge in [-0.05, 0) is 0 Å². The van der Waals surface area contributed by atoms with Crippen LogP contribution in [0.5, 0.6) is 0 Å². The second kappa shape index (κ2) is 6.12. The summed E-state index contributed by atoms with van der Waals surface area (Å²) in [7, 11) is -6.09. The zero-order valence-electron chi connectivity index (χ0n) is 8.27. The SMILES string of the molecule is [Ca+2].[Na+].[O-]B1OB([O-])O[B-]2(O1)OB1OB(O1)O2. The van der Waals surface area contributed by atoms with Crippen LogP contribution in [0.1, 0.15) is 0 Å². The molecule has 0 aromatic rings. The van der Waals surface area contributed by atoms with E-state index >= 15 is 0 Å². The van der Waals surface area contributed by atoms with Gasteiger partial charge in [0, 0.05) is 0 Å². The topological polar surface area (TPSA) is 111 Å². The van der Waals surface area contributed by atoms with Gasteiger partial charge in [0.15, 0.2) is 0 Å². The normalized spacial score (nSPS) is 25.9. The largest absolute Gasteiger partial charge is 2.00 e. The Labute approximate surface area is 144 Å². The van der Waals surface area contributed by atoms with Gasteiger partial charge in [0.2, 0.25) is 0 Å². The van der Waals surface area contributed by atoms with E-state index in [1.807, 2.05) is 0 Å². The maximum Gasteiger partial charge on any atom is 2.00 e. The van der Waals surface area contributed by atoms with Crippen LogP contribution in [0.3, 0.4) is 0 Å². The molecule has 4 aliphatic rings. The third-order valence-corrected chi connectivity index (χ3v) is 1.78. The van der Waals surface area contributed by atoms with E-state index < -0.39 is 36.2 Å². The first-order chi connectivity index (χ1) is 6.65. The summed E-state index contributed by atoms with van der Waals surface area (Å²) in [6.45, 7) is -2.87. The molecule has 4 fully saturated rings. The summed E-state index contributed by atoms with van der Waals surface area (Å²) in [6.07, 6.45) is 0. The van der Waals surface area contributed by atoms with Crippen molar-refractivity contribution in [1.82, 2.24) is 0 Å². The summed E-state index contributed by atoms with van der Waals surface area (Å²) in [5.41, 5.74) is 0. The Morgan fingerprint density at radius 2 is 1.19 bits per heavy atom. The summed E-state index contributed by atoms with van der Waals surface area (Å²) in [5, 5.41) is 21.6. The molecular formula is B5CaNaO9. The van der Waals surface area contributed by atoms with Crippen LogP contribution in [0.15, 0.2) is 0 Å². The van der Waals surface area contributed by atoms with E-state index in [1.54, 1.807) is 0 Å². The number of hydrogen-bond donors (Lipinski definition) is 0. The molecule has 0 saturated carbocycles. The summed E-state index contributed by atoms with van der Waals surface area (Å²) < 4.78 is 32.2. The van der Waals surface area contributed by atoms with Gasteiger partial charge < -0.3 is 42.1 Å². The molecule has 0 aromatic heterocycles. The molecule has 1 spiro atoms. The summed E-state index contributed by atoms with van der Waals surface area (Å²) >= 11 is 0. The first-order valence-electron chi connectivity index (χ1n) is 3.77. The van der Waals surface area contributed by atoms with Crippen LogP contribution in [0.25, 0.3) is 0 Å². The van der Waals surface area contributed by atoms with E-state index in [4.69, 9.17) is 18.3 Å². The van der Waals surface area contributed by atoms with Crippen molar-refractivity contribution in [2.75, 3.05) is 0 Å². The first kappa shape index (κ1) is 16.3. The number of rotatable bonds is 0. The average molecular weight is 261 g/mol. The van der Waals surface area contributed by atoms with Crippen molar-refractivity contribution in [3.05, 3.63) is 0 Å². The van der Waals surface area contributed by atoms with Crippen molar-refractivity contribution in [2.24, 2.45) is 0 Å². The molecule has 0 N–H and O–H groups in total. The second-order valence-electron chi connectivity index (χ2n) is 2.68. The zero-order chi connectivity index (χ0) is 9.76. The van der Waals surface area contributed by atoms with E-state index in [2.05, 4.69) is 13.7 Å². The molecule has 72 valence electrons. The molecule has 4 saturated heterocycles. The van der Waals surface area contributed by atoms with Gasteiger partial charge in [0.05, 0.1) is 0 Å². The molecule has 0 radical (unpaired) electrons. The maximum atomic E-state index is 10.8. The molecule has 16 heavy (non-hydrogen) atoms. The van der Waals surface area contributed by atoms with Crippen molar-refractivity contribution < 1.29 is 71.6 Å². The van der Waals surface area contributed by atoms with Gasteiger partial charge in [-0.25, -0.2) is 0 Å². The second-order valence-corrected chi connectivity index (χ2v) is 2.68. The quantitative estimate of drug-likeness (QED) is 0.392. The van der Waals surface area contributed by atoms with Gasteiger partial charge >= 0.3 is 88.9 Å². The average Bonchev–Trinajstić information content (AvgIpc) is 1.98. The Bertz CT molecular complexity index is 219. The molecule has 0 atom stereocenters. The fourth-order valence-corrected chi connectivity index (χ4v) is 1.21. The van der Waals surface area contributed by atoms with E-state index in [1.165, 1.54) is 0 Å². The Morgan fingerprint density at radius 1 is 0.750 bits per heavy atom. The molecule has 2 bridgehead atoms. The van der Waals surface area contributed by atoms with Crippen LogP contribution in [0.4, 0.5) is 0 Å². The monoisotopic (exact) mass is 262 g/mol. The summed E-state index contributed by atoms with van der Waals surface area (Å²) in [4.78, 5) is 0. The van der Waals surface area contributed by atoms with Crippen LogP contribution < -0.4 is 39.6 Å². The van der Waals surface area contributed by atoms with Crippen molar-refractivity contribution in [1.29, 1.82) is 0 Å². The molecule has 4 rings (SSSR count). The van der Waals surface area contributed by atoms with Crippen molar-refractivity contribution in [3.63, 3.8) is 0 Å². The van der Waals surface area contributed by atoms with Gasteiger partial charge in [-0.3, -0.25) is 0 Å². The van der Waals surface area contributed by atoms with E-state index in [0.29, 0.717) is 0 Å². The maximum absolute atomic E-state index is 10.8. The van der Waals surface area contributed by atoms with Gasteiger partial charge in [-0.2, -0.15) is 0 Å². The third-order valence-electron chi connectivity index (χ3n) is 1.78. The fraction of sp³-hybridized carbons (Fsp3) is 0. The minimum atomic E-state index is -2.87. The van der Waals surface area contributed by atoms with Gasteiger partial charge in [-0.1, -0.05) is 0 Å². The minimum absolute atomic E-state index is 0. The standard InChI is InChI=1S/B5O9.Ca.Na/c6-1-8-2(7)12-5(11-1)13-3-9-4(10-3)14-5;;/q-3;+2;+1. The van der Waals surface area contributed by atoms with Crippen molar-refractivity contribution in [3.8, 4) is 0 Å². The van der Waals surface area contributed by atoms with Gasteiger partial charge in [0.1, 0.15) is 0 Å². The van der Waals surface area contributed by atoms with E-state index in [9.17, 15) is 10.0 Å². The molecule has 16 heteroatoms. The third kappa shape index (κ3) is 3.21. The van der Waals surface area contributed by atoms with Crippen LogP contribution in [-0.4, -0.2) is 74.0 Å². The Balaban J connectivity index is 0.000000640. The van der Waals surface area contributed by atoms with Crippen LogP contribution in [-0.2, 0) is 32.0 Å². The Hall–Kier alpha value is 2.22. The van der Waals surface area contributed by atoms with Crippen molar-refractivity contribution >= 4 is 74.0 Å². The Kier molecular flexibility index (Phi) is 6.22. The van der Waals surface area contributed by atoms with E-state index in [0.717, 1.165) is 0 Å². The van der Waals surface area contributed by atoms with Crippen LogP contribution >= 0.6 is 0 Å². The summed E-state index contributed by atoms with van der Waals surface area (Å²) in [6, 6.07) is 0. The predicted molar refractivity (Wildman–Crippen MR) is 42.1 cm³/mol. The molecule has 4 aliphatic heterocycles. The smallest absolute Gasteiger partial charge is 0.835 e. The van der Waals surface area contributed by atoms with Gasteiger partial charge in [0.25, 0.3) is 14.6 Å². The molecule has 0 unspecified atom stereocenters. The molecule has 0 amide bonds. The zero-order valence-corrected chi connectivity index (χ0v) is 12.5. The molecule has 0 aliphatic carbocycles. The fourth-order valence-electron chi connectivity index (χ4n) is 1.21. The van der Waals surface area contributed by atoms with Crippen LogP contribution in [0, 0.1) is 0 Å². The molecule has 0 aromatic carbocycles. The minimum Gasteiger partial charge on any atom is -0.835 e. The Morgan fingerprint density at radius 3 is 1.62 bits per heavy atom. The van der Waals surface area contributed by atoms with Crippen LogP contribution in [0.2, 0.25) is 0 Å². The number of hydrogen-bond acceptors (Lipinski definition) is 9. The predicted octanol–water partition coefficient (Wildman–Crippen LogP) is -8.14. The van der Waals surface area contributed by atoms with E-state index in [-0.39, 0.29) is 67.3 Å². The van der Waals surface area contributed by atoms with Crippen molar-refractivity contribution in [2.45, 2.75) is 0 Å². The molecular weight excluding hydrogens is 261 g/mol. The summed E-state index contributed by atoms with van der Waals surface area (Å²) in [5.74, 6) is 0. The molecule has 4 heterocycles.